The van der Waals surface area contributed by atoms with E-state index in [0.29, 0.717) is 24.4 Å². The zero-order chi connectivity index (χ0) is 18.5. The first-order valence-electron chi connectivity index (χ1n) is 9.67. The Morgan fingerprint density at radius 2 is 2.08 bits per heavy atom. The molecule has 2 aliphatic rings. The van der Waals surface area contributed by atoms with E-state index in [0.717, 1.165) is 49.9 Å². The number of hydrogen-bond acceptors (Lipinski definition) is 5. The average molecular weight is 377 g/mol. The van der Waals surface area contributed by atoms with E-state index in [4.69, 9.17) is 0 Å². The molecule has 0 radical (unpaired) electrons. The summed E-state index contributed by atoms with van der Waals surface area (Å²) >= 11 is 1.50. The summed E-state index contributed by atoms with van der Waals surface area (Å²) in [6.45, 7) is 4.18. The Hall–Kier alpha value is -1.66. The molecular formula is C20H28N2O3S. The summed E-state index contributed by atoms with van der Waals surface area (Å²) in [5.41, 5.74) is 1.10. The highest BCUT2D eigenvalue weighted by Crippen LogP contribution is 2.35. The molecule has 3 rings (SSSR count). The van der Waals surface area contributed by atoms with E-state index in [1.165, 1.54) is 16.2 Å². The third kappa shape index (κ3) is 3.86. The Morgan fingerprint density at radius 3 is 2.77 bits per heavy atom. The fourth-order valence-electron chi connectivity index (χ4n) is 3.82. The minimum Gasteiger partial charge on any atom is -0.396 e. The predicted molar refractivity (Wildman–Crippen MR) is 103 cm³/mol. The van der Waals surface area contributed by atoms with Crippen molar-refractivity contribution >= 4 is 28.7 Å². The average Bonchev–Trinajstić information content (AvgIpc) is 3.26. The van der Waals surface area contributed by atoms with Crippen molar-refractivity contribution in [2.45, 2.75) is 45.4 Å². The smallest absolute Gasteiger partial charge is 0.277 e. The van der Waals surface area contributed by atoms with Gasteiger partial charge in [-0.3, -0.25) is 14.5 Å². The molecule has 142 valence electrons. The molecule has 0 spiro atoms. The largest absolute Gasteiger partial charge is 0.396 e. The molecular weight excluding hydrogens is 348 g/mol. The zero-order valence-electron chi connectivity index (χ0n) is 15.4. The molecule has 1 N–H and O–H groups in total. The molecule has 0 bridgehead atoms. The van der Waals surface area contributed by atoms with Crippen molar-refractivity contribution < 1.29 is 14.7 Å². The SMILES string of the molecule is CCCCCCN1C(=O)C(c2cccs2)=C(N2CCCC(CO)C2)C1=O. The van der Waals surface area contributed by atoms with Gasteiger partial charge in [0.1, 0.15) is 5.70 Å². The molecule has 1 aromatic rings. The minimum atomic E-state index is -0.159. The zero-order valence-corrected chi connectivity index (χ0v) is 16.3. The molecule has 1 fully saturated rings. The number of hydrogen-bond donors (Lipinski definition) is 1. The van der Waals surface area contributed by atoms with E-state index in [1.807, 2.05) is 22.4 Å². The van der Waals surface area contributed by atoms with Crippen LogP contribution in [0.1, 0.15) is 50.3 Å². The highest BCUT2D eigenvalue weighted by molar-refractivity contribution is 7.11. The van der Waals surface area contributed by atoms with Crippen LogP contribution >= 0.6 is 11.3 Å². The number of carbonyl (C=O) groups is 2. The van der Waals surface area contributed by atoms with E-state index >= 15 is 0 Å². The normalized spacial score (nSPS) is 21.2. The second kappa shape index (κ2) is 8.82. The van der Waals surface area contributed by atoms with Crippen molar-refractivity contribution in [3.8, 4) is 0 Å². The van der Waals surface area contributed by atoms with Crippen LogP contribution in [0.3, 0.4) is 0 Å². The predicted octanol–water partition coefficient (Wildman–Crippen LogP) is 3.11. The molecule has 3 heterocycles. The van der Waals surface area contributed by atoms with Crippen LogP contribution in [0.2, 0.25) is 0 Å². The number of aliphatic hydroxyl groups excluding tert-OH is 1. The number of likely N-dealkylation sites (tertiary alicyclic amines) is 1. The Bertz CT molecular complexity index is 669. The van der Waals surface area contributed by atoms with E-state index < -0.39 is 0 Å². The van der Waals surface area contributed by atoms with Crippen LogP contribution in [0.25, 0.3) is 5.57 Å². The van der Waals surface area contributed by atoms with Crippen LogP contribution < -0.4 is 0 Å². The maximum Gasteiger partial charge on any atom is 0.277 e. The van der Waals surface area contributed by atoms with Crippen LogP contribution in [-0.4, -0.2) is 53.0 Å². The first-order chi connectivity index (χ1) is 12.7. The topological polar surface area (TPSA) is 60.9 Å². The Labute approximate surface area is 159 Å². The molecule has 26 heavy (non-hydrogen) atoms. The van der Waals surface area contributed by atoms with Crippen LogP contribution in [0.4, 0.5) is 0 Å². The van der Waals surface area contributed by atoms with Gasteiger partial charge in [0, 0.05) is 31.1 Å². The number of nitrogens with zero attached hydrogens (tertiary/aromatic N) is 2. The molecule has 1 saturated heterocycles. The molecule has 0 aliphatic carbocycles. The number of thiophene rings is 1. The fraction of sp³-hybridized carbons (Fsp3) is 0.600. The van der Waals surface area contributed by atoms with Crippen molar-refractivity contribution in [2.75, 3.05) is 26.2 Å². The first kappa shape index (κ1) is 19.1. The van der Waals surface area contributed by atoms with Crippen molar-refractivity contribution in [3.05, 3.63) is 28.1 Å². The number of aliphatic hydroxyl groups is 1. The van der Waals surface area contributed by atoms with Crippen LogP contribution in [0.15, 0.2) is 23.2 Å². The Kier molecular flexibility index (Phi) is 6.48. The summed E-state index contributed by atoms with van der Waals surface area (Å²) in [5.74, 6) is -0.147. The second-order valence-electron chi connectivity index (χ2n) is 7.16. The molecule has 1 unspecified atom stereocenters. The van der Waals surface area contributed by atoms with Crippen molar-refractivity contribution in [1.29, 1.82) is 0 Å². The van der Waals surface area contributed by atoms with Gasteiger partial charge in [-0.05, 0) is 36.6 Å². The summed E-state index contributed by atoms with van der Waals surface area (Å²) in [4.78, 5) is 30.5. The molecule has 6 heteroatoms. The third-order valence-corrected chi connectivity index (χ3v) is 6.13. The van der Waals surface area contributed by atoms with Gasteiger partial charge in [-0.15, -0.1) is 11.3 Å². The fourth-order valence-corrected chi connectivity index (χ4v) is 4.58. The van der Waals surface area contributed by atoms with Crippen molar-refractivity contribution in [2.24, 2.45) is 5.92 Å². The summed E-state index contributed by atoms with van der Waals surface area (Å²) in [7, 11) is 0. The van der Waals surface area contributed by atoms with Gasteiger partial charge in [0.25, 0.3) is 11.8 Å². The Morgan fingerprint density at radius 1 is 1.23 bits per heavy atom. The van der Waals surface area contributed by atoms with E-state index in [2.05, 4.69) is 6.92 Å². The Balaban J connectivity index is 1.86. The molecule has 2 amide bonds. The maximum atomic E-state index is 13.1. The van der Waals surface area contributed by atoms with Crippen LogP contribution in [0.5, 0.6) is 0 Å². The van der Waals surface area contributed by atoms with Gasteiger partial charge in [-0.1, -0.05) is 32.3 Å². The van der Waals surface area contributed by atoms with Gasteiger partial charge in [0.2, 0.25) is 0 Å². The van der Waals surface area contributed by atoms with Crippen LogP contribution in [-0.2, 0) is 9.59 Å². The molecule has 0 aromatic carbocycles. The number of imide groups is 1. The second-order valence-corrected chi connectivity index (χ2v) is 8.11. The van der Waals surface area contributed by atoms with Gasteiger partial charge in [-0.2, -0.15) is 0 Å². The van der Waals surface area contributed by atoms with Crippen LogP contribution in [0, 0.1) is 5.92 Å². The standard InChI is InChI=1S/C20H28N2O3S/c1-2-3-4-5-11-22-19(24)17(16-9-7-12-26-16)18(20(22)25)21-10-6-8-15(13-21)14-23/h7,9,12,15,23H,2-6,8,10-11,13-14H2,1H3. The first-order valence-corrected chi connectivity index (χ1v) is 10.6. The third-order valence-electron chi connectivity index (χ3n) is 5.24. The summed E-state index contributed by atoms with van der Waals surface area (Å²) in [6, 6.07) is 3.83. The number of amides is 2. The monoisotopic (exact) mass is 376 g/mol. The summed E-state index contributed by atoms with van der Waals surface area (Å²) in [6.07, 6.45) is 6.05. The molecule has 5 nitrogen and oxygen atoms in total. The highest BCUT2D eigenvalue weighted by Gasteiger charge is 2.42. The summed E-state index contributed by atoms with van der Waals surface area (Å²) in [5, 5.41) is 11.5. The lowest BCUT2D eigenvalue weighted by atomic mass is 9.98. The highest BCUT2D eigenvalue weighted by atomic mass is 32.1. The molecule has 1 aromatic heterocycles. The minimum absolute atomic E-state index is 0.126. The van der Waals surface area contributed by atoms with Gasteiger partial charge >= 0.3 is 0 Å². The number of rotatable bonds is 8. The van der Waals surface area contributed by atoms with Gasteiger partial charge < -0.3 is 10.0 Å². The maximum absolute atomic E-state index is 13.1. The number of unbranched alkanes of at least 4 members (excludes halogenated alkanes) is 3. The lowest BCUT2D eigenvalue weighted by Gasteiger charge is -2.34. The van der Waals surface area contributed by atoms with E-state index in [1.54, 1.807) is 0 Å². The van der Waals surface area contributed by atoms with E-state index in [9.17, 15) is 14.7 Å². The van der Waals surface area contributed by atoms with Gasteiger partial charge in [0.05, 0.1) is 5.57 Å². The number of carbonyl (C=O) groups excluding carboxylic acids is 2. The molecule has 0 saturated carbocycles. The van der Waals surface area contributed by atoms with Gasteiger partial charge in [-0.25, -0.2) is 0 Å². The van der Waals surface area contributed by atoms with E-state index in [-0.39, 0.29) is 24.3 Å². The molecule has 2 aliphatic heterocycles. The molecule has 1 atom stereocenters. The van der Waals surface area contributed by atoms with Crippen molar-refractivity contribution in [3.63, 3.8) is 0 Å². The summed E-state index contributed by atoms with van der Waals surface area (Å²) < 4.78 is 0. The lowest BCUT2D eigenvalue weighted by molar-refractivity contribution is -0.137. The lowest BCUT2D eigenvalue weighted by Crippen LogP contribution is -2.40. The van der Waals surface area contributed by atoms with Gasteiger partial charge in [0.15, 0.2) is 0 Å². The quantitative estimate of drug-likeness (QED) is 0.559. The number of piperidine rings is 1. The van der Waals surface area contributed by atoms with Crippen molar-refractivity contribution in [1.82, 2.24) is 9.80 Å².